The molecule has 98 valence electrons. The standard InChI is InChI=1S/C14H26N2O/c1-6-15(7-2)13(17)16-10-8-12(9-11-16)14(3,4)5/h8H,6-7,9-11H2,1-5H3. The van der Waals surface area contributed by atoms with Gasteiger partial charge >= 0.3 is 6.03 Å². The van der Waals surface area contributed by atoms with Crippen LogP contribution in [-0.4, -0.2) is 42.0 Å². The second-order valence-corrected chi connectivity index (χ2v) is 5.63. The predicted octanol–water partition coefficient (Wildman–Crippen LogP) is 3.13. The first-order valence-electron chi connectivity index (χ1n) is 6.63. The molecule has 0 aromatic rings. The number of hydrogen-bond donors (Lipinski definition) is 0. The van der Waals surface area contributed by atoms with Gasteiger partial charge in [-0.3, -0.25) is 0 Å². The van der Waals surface area contributed by atoms with Crippen molar-refractivity contribution >= 4 is 6.03 Å². The lowest BCUT2D eigenvalue weighted by molar-refractivity contribution is 0.159. The van der Waals surface area contributed by atoms with Gasteiger partial charge in [0.2, 0.25) is 0 Å². The predicted molar refractivity (Wildman–Crippen MR) is 72.0 cm³/mol. The second kappa shape index (κ2) is 5.56. The van der Waals surface area contributed by atoms with Crippen LogP contribution in [0, 0.1) is 5.41 Å². The van der Waals surface area contributed by atoms with Gasteiger partial charge in [-0.1, -0.05) is 32.4 Å². The molecule has 1 aliphatic heterocycles. The molecular weight excluding hydrogens is 212 g/mol. The third-order valence-electron chi connectivity index (χ3n) is 3.48. The fraction of sp³-hybridized carbons (Fsp3) is 0.786. The van der Waals surface area contributed by atoms with Gasteiger partial charge in [-0.15, -0.1) is 0 Å². The Kier molecular flexibility index (Phi) is 4.61. The summed E-state index contributed by atoms with van der Waals surface area (Å²) in [5, 5.41) is 0. The maximum Gasteiger partial charge on any atom is 0.320 e. The molecule has 17 heavy (non-hydrogen) atoms. The lowest BCUT2D eigenvalue weighted by atomic mass is 9.83. The van der Waals surface area contributed by atoms with E-state index in [1.165, 1.54) is 5.57 Å². The minimum absolute atomic E-state index is 0.180. The molecule has 0 aliphatic carbocycles. The fourth-order valence-electron chi connectivity index (χ4n) is 2.22. The summed E-state index contributed by atoms with van der Waals surface area (Å²) in [7, 11) is 0. The van der Waals surface area contributed by atoms with Crippen LogP contribution in [0.15, 0.2) is 11.6 Å². The van der Waals surface area contributed by atoms with E-state index < -0.39 is 0 Å². The summed E-state index contributed by atoms with van der Waals surface area (Å²) in [5.41, 5.74) is 1.71. The Bertz CT molecular complexity index is 298. The highest BCUT2D eigenvalue weighted by atomic mass is 16.2. The molecule has 0 aromatic heterocycles. The van der Waals surface area contributed by atoms with Crippen LogP contribution in [0.5, 0.6) is 0 Å². The molecule has 0 radical (unpaired) electrons. The van der Waals surface area contributed by atoms with E-state index in [1.807, 2.05) is 23.6 Å². The third-order valence-corrected chi connectivity index (χ3v) is 3.48. The Morgan fingerprint density at radius 2 is 1.94 bits per heavy atom. The van der Waals surface area contributed by atoms with Gasteiger partial charge in [0.25, 0.3) is 0 Å². The fourth-order valence-corrected chi connectivity index (χ4v) is 2.22. The number of urea groups is 1. The minimum atomic E-state index is 0.180. The molecule has 3 heteroatoms. The highest BCUT2D eigenvalue weighted by molar-refractivity contribution is 5.74. The van der Waals surface area contributed by atoms with Gasteiger partial charge in [-0.2, -0.15) is 0 Å². The van der Waals surface area contributed by atoms with Crippen molar-refractivity contribution in [3.63, 3.8) is 0 Å². The van der Waals surface area contributed by atoms with Gasteiger partial charge in [0, 0.05) is 26.2 Å². The van der Waals surface area contributed by atoms with Crippen LogP contribution in [0.2, 0.25) is 0 Å². The molecular formula is C14H26N2O. The number of nitrogens with zero attached hydrogens (tertiary/aromatic N) is 2. The van der Waals surface area contributed by atoms with Gasteiger partial charge in [0.1, 0.15) is 0 Å². The molecule has 0 atom stereocenters. The van der Waals surface area contributed by atoms with E-state index in [0.717, 1.165) is 32.6 Å². The SMILES string of the molecule is CCN(CC)C(=O)N1CC=C(C(C)(C)C)CC1. The van der Waals surface area contributed by atoms with Crippen molar-refractivity contribution in [3.8, 4) is 0 Å². The van der Waals surface area contributed by atoms with Gasteiger partial charge in [0.15, 0.2) is 0 Å². The highest BCUT2D eigenvalue weighted by Crippen LogP contribution is 2.30. The summed E-state index contributed by atoms with van der Waals surface area (Å²) in [5.74, 6) is 0. The Hall–Kier alpha value is -0.990. The van der Waals surface area contributed by atoms with Crippen LogP contribution in [0.25, 0.3) is 0 Å². The van der Waals surface area contributed by atoms with Crippen molar-refractivity contribution in [2.75, 3.05) is 26.2 Å². The van der Waals surface area contributed by atoms with E-state index in [4.69, 9.17) is 0 Å². The molecule has 0 saturated heterocycles. The summed E-state index contributed by atoms with van der Waals surface area (Å²) in [6, 6.07) is 0.180. The lowest BCUT2D eigenvalue weighted by Gasteiger charge is -2.34. The van der Waals surface area contributed by atoms with E-state index in [2.05, 4.69) is 26.8 Å². The summed E-state index contributed by atoms with van der Waals surface area (Å²) < 4.78 is 0. The summed E-state index contributed by atoms with van der Waals surface area (Å²) in [6.07, 6.45) is 3.24. The van der Waals surface area contributed by atoms with E-state index in [9.17, 15) is 4.79 Å². The first kappa shape index (κ1) is 14.1. The number of carbonyl (C=O) groups is 1. The Morgan fingerprint density at radius 1 is 1.35 bits per heavy atom. The van der Waals surface area contributed by atoms with Gasteiger partial charge in [-0.05, 0) is 25.7 Å². The number of carbonyl (C=O) groups excluding carboxylic acids is 1. The normalized spacial score (nSPS) is 16.8. The molecule has 3 nitrogen and oxygen atoms in total. The van der Waals surface area contributed by atoms with E-state index >= 15 is 0 Å². The van der Waals surface area contributed by atoms with Crippen molar-refractivity contribution in [1.82, 2.24) is 9.80 Å². The van der Waals surface area contributed by atoms with Crippen LogP contribution >= 0.6 is 0 Å². The largest absolute Gasteiger partial charge is 0.325 e. The number of hydrogen-bond acceptors (Lipinski definition) is 1. The molecule has 2 amide bonds. The molecule has 1 aliphatic rings. The van der Waals surface area contributed by atoms with Gasteiger partial charge < -0.3 is 9.80 Å². The number of rotatable bonds is 2. The first-order valence-corrected chi connectivity index (χ1v) is 6.63. The van der Waals surface area contributed by atoms with Gasteiger partial charge in [-0.25, -0.2) is 4.79 Å². The molecule has 0 bridgehead atoms. The zero-order valence-corrected chi connectivity index (χ0v) is 11.9. The highest BCUT2D eigenvalue weighted by Gasteiger charge is 2.25. The monoisotopic (exact) mass is 238 g/mol. The van der Waals surface area contributed by atoms with Crippen molar-refractivity contribution in [2.24, 2.45) is 5.41 Å². The average molecular weight is 238 g/mol. The average Bonchev–Trinajstić information content (AvgIpc) is 2.29. The summed E-state index contributed by atoms with van der Waals surface area (Å²) in [6.45, 7) is 14.0. The molecule has 0 unspecified atom stereocenters. The van der Waals surface area contributed by atoms with Crippen LogP contribution in [-0.2, 0) is 0 Å². The van der Waals surface area contributed by atoms with E-state index in [-0.39, 0.29) is 11.4 Å². The van der Waals surface area contributed by atoms with Gasteiger partial charge in [0.05, 0.1) is 0 Å². The summed E-state index contributed by atoms with van der Waals surface area (Å²) in [4.78, 5) is 16.0. The van der Waals surface area contributed by atoms with E-state index in [1.54, 1.807) is 0 Å². The molecule has 0 N–H and O–H groups in total. The second-order valence-electron chi connectivity index (χ2n) is 5.63. The van der Waals surface area contributed by atoms with Crippen LogP contribution < -0.4 is 0 Å². The Labute approximate surface area is 105 Å². The number of amides is 2. The van der Waals surface area contributed by atoms with Crippen molar-refractivity contribution in [3.05, 3.63) is 11.6 Å². The lowest BCUT2D eigenvalue weighted by Crippen LogP contribution is -2.45. The molecule has 0 saturated carbocycles. The first-order chi connectivity index (χ1) is 7.90. The maximum atomic E-state index is 12.1. The zero-order valence-electron chi connectivity index (χ0n) is 11.9. The molecule has 0 spiro atoms. The van der Waals surface area contributed by atoms with Crippen molar-refractivity contribution in [1.29, 1.82) is 0 Å². The maximum absolute atomic E-state index is 12.1. The topological polar surface area (TPSA) is 23.6 Å². The van der Waals surface area contributed by atoms with Crippen LogP contribution in [0.1, 0.15) is 41.0 Å². The smallest absolute Gasteiger partial charge is 0.320 e. The van der Waals surface area contributed by atoms with E-state index in [0.29, 0.717) is 0 Å². The molecule has 1 rings (SSSR count). The Balaban J connectivity index is 2.63. The zero-order chi connectivity index (χ0) is 13.1. The van der Waals surface area contributed by atoms with Crippen molar-refractivity contribution < 1.29 is 4.79 Å². The molecule has 0 aromatic carbocycles. The van der Waals surface area contributed by atoms with Crippen molar-refractivity contribution in [2.45, 2.75) is 41.0 Å². The minimum Gasteiger partial charge on any atom is -0.325 e. The Morgan fingerprint density at radius 3 is 2.29 bits per heavy atom. The molecule has 1 heterocycles. The molecule has 0 fully saturated rings. The third kappa shape index (κ3) is 3.48. The van der Waals surface area contributed by atoms with Crippen LogP contribution in [0.3, 0.4) is 0 Å². The summed E-state index contributed by atoms with van der Waals surface area (Å²) >= 11 is 0. The quantitative estimate of drug-likeness (QED) is 0.678. The van der Waals surface area contributed by atoms with Crippen LogP contribution in [0.4, 0.5) is 4.79 Å².